The van der Waals surface area contributed by atoms with E-state index in [-0.39, 0.29) is 5.78 Å². The van der Waals surface area contributed by atoms with Crippen LogP contribution in [0.25, 0.3) is 6.08 Å². The topological polar surface area (TPSA) is 31.2 Å². The number of halogens is 1. The highest BCUT2D eigenvalue weighted by molar-refractivity contribution is 9.10. The van der Waals surface area contributed by atoms with Crippen LogP contribution in [-0.4, -0.2) is 5.78 Å². The van der Waals surface area contributed by atoms with Gasteiger partial charge < -0.3 is 0 Å². The number of hydrogen-bond acceptors (Lipinski definition) is 1. The van der Waals surface area contributed by atoms with E-state index in [0.29, 0.717) is 5.56 Å². The van der Waals surface area contributed by atoms with Gasteiger partial charge in [-0.2, -0.15) is 0 Å². The fraction of sp³-hybridized carbons (Fsp3) is 0.0909. The lowest BCUT2D eigenvalue weighted by atomic mass is 10.1. The van der Waals surface area contributed by atoms with Crippen molar-refractivity contribution >= 4 is 27.8 Å². The Bertz CT molecular complexity index is 347. The van der Waals surface area contributed by atoms with Crippen molar-refractivity contribution < 1.29 is 9.78 Å². The minimum absolute atomic E-state index is 0.0300. The molecule has 1 rings (SSSR count). The van der Waals surface area contributed by atoms with Gasteiger partial charge in [-0.05, 0) is 28.9 Å². The van der Waals surface area contributed by atoms with Gasteiger partial charge in [0.1, 0.15) is 0 Å². The molecule has 0 aliphatic rings. The van der Waals surface area contributed by atoms with Crippen LogP contribution in [-0.2, 0) is 0 Å². The average Bonchev–Trinajstić information content (AvgIpc) is 2.20. The standard InChI is InChI=1S/C9H8BrNO.C2H4/c1-3-9-8(6(2)12)4-7(10)5-11-9;1-2/h3-5H,1H2,2H3;1-2H2/p+1. The molecule has 0 radical (unpaired) electrons. The van der Waals surface area contributed by atoms with E-state index in [9.17, 15) is 4.79 Å². The molecule has 0 aliphatic carbocycles. The van der Waals surface area contributed by atoms with Gasteiger partial charge in [0.25, 0.3) is 0 Å². The lowest BCUT2D eigenvalue weighted by Gasteiger charge is -1.95. The summed E-state index contributed by atoms with van der Waals surface area (Å²) in [5.74, 6) is 0.0300. The Morgan fingerprint density at radius 2 is 2.14 bits per heavy atom. The number of aromatic nitrogens is 1. The molecular weight excluding hydrogens is 242 g/mol. The van der Waals surface area contributed by atoms with Crippen LogP contribution in [0.5, 0.6) is 0 Å². The normalized spacial score (nSPS) is 8.43. The molecule has 1 heterocycles. The lowest BCUT2D eigenvalue weighted by molar-refractivity contribution is -0.381. The van der Waals surface area contributed by atoms with E-state index in [1.807, 2.05) is 0 Å². The summed E-state index contributed by atoms with van der Waals surface area (Å²) in [6.07, 6.45) is 3.40. The Hall–Kier alpha value is -1.22. The zero-order valence-electron chi connectivity index (χ0n) is 8.14. The number of H-pyrrole nitrogens is 1. The molecule has 1 N–H and O–H groups in total. The molecule has 14 heavy (non-hydrogen) atoms. The molecule has 0 bridgehead atoms. The molecule has 0 fully saturated rings. The fourth-order valence-corrected chi connectivity index (χ4v) is 1.29. The first-order chi connectivity index (χ1) is 6.65. The second-order valence-corrected chi connectivity index (χ2v) is 3.32. The van der Waals surface area contributed by atoms with Gasteiger partial charge in [-0.1, -0.05) is 6.58 Å². The number of hydrogen-bond donors (Lipinski definition) is 0. The number of carbonyl (C=O) groups is 1. The summed E-state index contributed by atoms with van der Waals surface area (Å²) in [6.45, 7) is 11.1. The summed E-state index contributed by atoms with van der Waals surface area (Å²) < 4.78 is 0.860. The maximum Gasteiger partial charge on any atom is 0.213 e. The van der Waals surface area contributed by atoms with E-state index < -0.39 is 0 Å². The summed E-state index contributed by atoms with van der Waals surface area (Å²) in [5, 5.41) is 0. The van der Waals surface area contributed by atoms with Gasteiger partial charge in [-0.3, -0.25) is 4.79 Å². The van der Waals surface area contributed by atoms with Gasteiger partial charge in [0.2, 0.25) is 5.69 Å². The predicted octanol–water partition coefficient (Wildman–Crippen LogP) is 2.91. The number of ketones is 1. The highest BCUT2D eigenvalue weighted by Crippen LogP contribution is 2.12. The Morgan fingerprint density at radius 1 is 1.57 bits per heavy atom. The molecule has 0 aromatic carbocycles. The quantitative estimate of drug-likeness (QED) is 0.590. The summed E-state index contributed by atoms with van der Waals surface area (Å²) in [7, 11) is 0. The third-order valence-electron chi connectivity index (χ3n) is 1.52. The average molecular weight is 255 g/mol. The van der Waals surface area contributed by atoms with Crippen LogP contribution in [0, 0.1) is 0 Å². The second-order valence-electron chi connectivity index (χ2n) is 2.41. The summed E-state index contributed by atoms with van der Waals surface area (Å²) in [5.41, 5.74) is 1.41. The first-order valence-corrected chi connectivity index (χ1v) is 4.79. The number of Topliss-reactive ketones (excluding diaryl/α,β-unsaturated/α-hetero) is 1. The van der Waals surface area contributed by atoms with Crippen molar-refractivity contribution in [1.82, 2.24) is 0 Å². The number of nitrogens with one attached hydrogen (secondary N) is 1. The number of aromatic amines is 1. The largest absolute Gasteiger partial charge is 0.294 e. The van der Waals surface area contributed by atoms with Crippen LogP contribution in [0.2, 0.25) is 0 Å². The molecule has 0 spiro atoms. The Labute approximate surface area is 92.5 Å². The monoisotopic (exact) mass is 254 g/mol. The van der Waals surface area contributed by atoms with Crippen molar-refractivity contribution in [2.75, 3.05) is 0 Å². The third kappa shape index (κ3) is 3.26. The van der Waals surface area contributed by atoms with Crippen LogP contribution in [0.1, 0.15) is 23.0 Å². The van der Waals surface area contributed by atoms with Crippen molar-refractivity contribution in [3.05, 3.63) is 47.7 Å². The predicted molar refractivity (Wildman–Crippen MR) is 62.0 cm³/mol. The Morgan fingerprint density at radius 3 is 2.57 bits per heavy atom. The molecule has 0 atom stereocenters. The van der Waals surface area contributed by atoms with E-state index >= 15 is 0 Å². The van der Waals surface area contributed by atoms with Crippen molar-refractivity contribution in [1.29, 1.82) is 0 Å². The van der Waals surface area contributed by atoms with Crippen LogP contribution in [0.3, 0.4) is 0 Å². The summed E-state index contributed by atoms with van der Waals surface area (Å²) >= 11 is 3.28. The minimum Gasteiger partial charge on any atom is -0.294 e. The van der Waals surface area contributed by atoms with E-state index in [0.717, 1.165) is 10.2 Å². The highest BCUT2D eigenvalue weighted by Gasteiger charge is 2.10. The molecule has 0 aliphatic heterocycles. The molecule has 0 saturated heterocycles. The number of pyridine rings is 1. The van der Waals surface area contributed by atoms with Crippen LogP contribution < -0.4 is 4.98 Å². The lowest BCUT2D eigenvalue weighted by Crippen LogP contribution is -2.12. The van der Waals surface area contributed by atoms with Crippen molar-refractivity contribution in [3.8, 4) is 0 Å². The summed E-state index contributed by atoms with van der Waals surface area (Å²) in [4.78, 5) is 14.0. The second kappa shape index (κ2) is 6.27. The smallest absolute Gasteiger partial charge is 0.213 e. The fourth-order valence-electron chi connectivity index (χ4n) is 0.942. The van der Waals surface area contributed by atoms with Crippen LogP contribution in [0.4, 0.5) is 0 Å². The van der Waals surface area contributed by atoms with E-state index in [1.54, 1.807) is 18.3 Å². The molecule has 74 valence electrons. The zero-order valence-corrected chi connectivity index (χ0v) is 9.73. The molecule has 0 unspecified atom stereocenters. The van der Waals surface area contributed by atoms with Gasteiger partial charge in [0, 0.05) is 6.08 Å². The van der Waals surface area contributed by atoms with Crippen LogP contribution in [0.15, 0.2) is 36.5 Å². The molecule has 1 aromatic heterocycles. The zero-order chi connectivity index (χ0) is 11.1. The van der Waals surface area contributed by atoms with Gasteiger partial charge in [-0.25, -0.2) is 4.98 Å². The van der Waals surface area contributed by atoms with Crippen molar-refractivity contribution in [2.24, 2.45) is 0 Å². The molecule has 3 heteroatoms. The van der Waals surface area contributed by atoms with E-state index in [1.165, 1.54) is 6.92 Å². The first-order valence-electron chi connectivity index (χ1n) is 3.99. The molecule has 0 amide bonds. The van der Waals surface area contributed by atoms with E-state index in [4.69, 9.17) is 0 Å². The molecule has 2 nitrogen and oxygen atoms in total. The molecular formula is C11H13BrNO+. The summed E-state index contributed by atoms with van der Waals surface area (Å²) in [6, 6.07) is 1.77. The van der Waals surface area contributed by atoms with Crippen LogP contribution >= 0.6 is 15.9 Å². The maximum absolute atomic E-state index is 11.1. The van der Waals surface area contributed by atoms with Gasteiger partial charge in [0.15, 0.2) is 12.0 Å². The number of rotatable bonds is 2. The Kier molecular flexibility index (Phi) is 5.72. The maximum atomic E-state index is 11.1. The van der Waals surface area contributed by atoms with E-state index in [2.05, 4.69) is 40.7 Å². The van der Waals surface area contributed by atoms with Gasteiger partial charge >= 0.3 is 0 Å². The minimum atomic E-state index is 0.0300. The third-order valence-corrected chi connectivity index (χ3v) is 1.98. The van der Waals surface area contributed by atoms with Gasteiger partial charge in [-0.15, -0.1) is 13.2 Å². The van der Waals surface area contributed by atoms with Crippen molar-refractivity contribution in [2.45, 2.75) is 6.92 Å². The molecule has 0 saturated carbocycles. The SMILES string of the molecule is C=C.C=Cc1[nH+]cc(Br)cc1C(C)=O. The first kappa shape index (κ1) is 12.8. The number of carbonyl (C=O) groups excluding carboxylic acids is 1. The Balaban J connectivity index is 0.000000791. The highest BCUT2D eigenvalue weighted by atomic mass is 79.9. The molecule has 1 aromatic rings. The van der Waals surface area contributed by atoms with Gasteiger partial charge in [0.05, 0.1) is 10.0 Å². The van der Waals surface area contributed by atoms with Crippen molar-refractivity contribution in [3.63, 3.8) is 0 Å².